The summed E-state index contributed by atoms with van der Waals surface area (Å²) in [5, 5.41) is 16.3. The molecule has 2 atom stereocenters. The zero-order valence-corrected chi connectivity index (χ0v) is 81.8. The number of aryl methyl sites for hydroxylation is 7. The number of ketones is 2. The van der Waals surface area contributed by atoms with Crippen molar-refractivity contribution in [2.75, 3.05) is 6.61 Å². The molecule has 5 aliphatic rings. The first kappa shape index (κ1) is 117. The summed E-state index contributed by atoms with van der Waals surface area (Å²) in [6.07, 6.45) is 2.39. The van der Waals surface area contributed by atoms with Crippen LogP contribution in [0.25, 0.3) is 33.1 Å². The van der Waals surface area contributed by atoms with Crippen LogP contribution in [-0.4, -0.2) is 69.3 Å². The number of nitrogens with zero attached hydrogens (tertiary/aromatic N) is 7. The minimum Gasteiger partial charge on any atom is -0.461 e. The van der Waals surface area contributed by atoms with Gasteiger partial charge < -0.3 is 9.47 Å². The van der Waals surface area contributed by atoms with Gasteiger partial charge in [0.05, 0.1) is 35.0 Å². The maximum atomic E-state index is 12.1. The topological polar surface area (TPSA) is 199 Å². The maximum absolute atomic E-state index is 12.1. The minimum atomic E-state index is -0.486. The predicted octanol–water partition coefficient (Wildman–Crippen LogP) is 31.0. The highest BCUT2D eigenvalue weighted by molar-refractivity contribution is 8.15. The van der Waals surface area contributed by atoms with Crippen molar-refractivity contribution in [3.63, 3.8) is 0 Å². The quantitative estimate of drug-likeness (QED) is 0.130. The number of benzene rings is 8. The number of fused-ring (bicyclic) bond motifs is 8. The fourth-order valence-corrected chi connectivity index (χ4v) is 20.9. The Morgan fingerprint density at radius 2 is 0.672 bits per heavy atom. The van der Waals surface area contributed by atoms with Crippen LogP contribution >= 0.6 is 23.5 Å². The van der Waals surface area contributed by atoms with Gasteiger partial charge in [-0.2, -0.15) is 8.75 Å². The largest absolute Gasteiger partial charge is 0.461 e. The molecule has 8 aromatic carbocycles. The Morgan fingerprint density at radius 1 is 0.336 bits per heavy atom. The van der Waals surface area contributed by atoms with Crippen LogP contribution in [0.4, 0.5) is 0 Å². The molecule has 704 valence electrons. The van der Waals surface area contributed by atoms with E-state index in [0.717, 1.165) is 90.4 Å². The number of aromatic nitrogens is 7. The van der Waals surface area contributed by atoms with Crippen LogP contribution in [0.3, 0.4) is 0 Å². The average molecular weight is 1790 g/mol. The molecular formula is C111H165N7O8S2. The van der Waals surface area contributed by atoms with Crippen molar-refractivity contribution < 1.29 is 38.1 Å². The van der Waals surface area contributed by atoms with E-state index in [0.29, 0.717) is 36.4 Å². The van der Waals surface area contributed by atoms with Gasteiger partial charge >= 0.3 is 11.9 Å². The molecule has 3 aromatic heterocycles. The van der Waals surface area contributed by atoms with E-state index in [4.69, 9.17) is 14.1 Å². The number of hydrogen-bond donors (Lipinski definition) is 0. The normalized spacial score (nSPS) is 15.0. The molecule has 6 heterocycles. The number of hydrogen-bond acceptors (Lipinski definition) is 16. The summed E-state index contributed by atoms with van der Waals surface area (Å²) in [7, 11) is 1.94. The van der Waals surface area contributed by atoms with Crippen LogP contribution in [0.5, 0.6) is 0 Å². The number of cyclic esters (lactones) is 2. The second-order valence-corrected chi connectivity index (χ2v) is 38.9. The third-order valence-corrected chi connectivity index (χ3v) is 30.8. The molecule has 0 saturated heterocycles. The van der Waals surface area contributed by atoms with Crippen molar-refractivity contribution in [1.29, 1.82) is 0 Å². The summed E-state index contributed by atoms with van der Waals surface area (Å²) in [6, 6.07) is 0. The van der Waals surface area contributed by atoms with Gasteiger partial charge in [0.1, 0.15) is 33.2 Å². The Balaban J connectivity index is 0.000000726. The summed E-state index contributed by atoms with van der Waals surface area (Å²) < 4.78 is 25.8. The standard InChI is InChI=1S/2C15H20O.2C14H18O2.C14H18OS.C11H15N3.C10H12N2O.C10H12N2S.8CH4/c1-8-9(2)11(4)14-13(10(8)3)12(16)7-15(14,5)6;1-8-6-7-13(16)15-12(5)10(3)9(2)11(4)14(8)15;1-7-8(2)10(4)12-11(9(7)3)13(15)16-14(12,5)6;1-7-6-16-14(15)13-11(5)9(3)8(2)10(4)12(7)13;1-7-8(2)10(4)12-11(9(7)3)13(15)16-14(12,5)6;1-6-7(2)9(4)11-10(8(6)3)12-13-14(11)5;2*1-5-6(2)8(4)10-9(7(5)3)11-13-12-10;;;;;;;;/h7H2,1-6H3;8H,6-7H2,1-5H3;1-6H3;7H,6H2,1-5H3;1-6H3;1-5H3;2*1-4H3;8*1H4. The van der Waals surface area contributed by atoms with Crippen molar-refractivity contribution in [3.8, 4) is 0 Å². The van der Waals surface area contributed by atoms with Gasteiger partial charge in [0, 0.05) is 52.8 Å². The first-order valence-corrected chi connectivity index (χ1v) is 43.9. The van der Waals surface area contributed by atoms with Crippen molar-refractivity contribution in [2.45, 2.75) is 383 Å². The minimum absolute atomic E-state index is 0. The van der Waals surface area contributed by atoms with Gasteiger partial charge in [-0.1, -0.05) is 104 Å². The number of ether oxygens (including phenoxy) is 2. The highest BCUT2D eigenvalue weighted by Gasteiger charge is 2.44. The molecule has 17 heteroatoms. The molecule has 11 aromatic rings. The lowest BCUT2D eigenvalue weighted by Gasteiger charge is -2.28. The maximum Gasteiger partial charge on any atom is 0.339 e. The van der Waals surface area contributed by atoms with E-state index in [1.165, 1.54) is 213 Å². The van der Waals surface area contributed by atoms with Crippen LogP contribution < -0.4 is 0 Å². The monoisotopic (exact) mass is 1790 g/mol. The SMILES string of the molecule is C.C.C.C.C.C.C.C.Cc1c(C)c(C)c2c(c1C)C(=O)CC2(C)C.Cc1c(C)c(C)c2c(c1C)C(=O)CCC2C.Cc1c(C)c(C)c2c(c1C)C(=O)OC2(C)C.Cc1c(C)c(C)c2c(c1C)C(=O)OCC2C.Cc1c(C)c(C)c2c(c1C)C(=O)SC2(C)C.Cc1c(C)c(C)c2c(nnn2C)c1C.Cc1c(C)c(C)c2nonc2c1C.Cc1c(C)c(C)c2nsnc2c1C. The number of carbonyl (C=O) groups excluding carboxylic acids is 5. The van der Waals surface area contributed by atoms with E-state index < -0.39 is 5.60 Å². The smallest absolute Gasteiger partial charge is 0.339 e. The lowest BCUT2D eigenvalue weighted by atomic mass is 9.76. The second-order valence-electron chi connectivity index (χ2n) is 36.8. The molecule has 2 unspecified atom stereocenters. The molecule has 0 N–H and O–H groups in total. The third-order valence-electron chi connectivity index (χ3n) is 29.1. The molecule has 0 fully saturated rings. The lowest BCUT2D eigenvalue weighted by molar-refractivity contribution is 0.00927. The number of rotatable bonds is 0. The van der Waals surface area contributed by atoms with Crippen LogP contribution in [0.2, 0.25) is 0 Å². The van der Waals surface area contributed by atoms with E-state index in [1.54, 1.807) is 0 Å². The second kappa shape index (κ2) is 43.6. The average Bonchev–Trinajstić information content (AvgIpc) is 1.52. The lowest BCUT2D eigenvalue weighted by Crippen LogP contribution is -2.24. The van der Waals surface area contributed by atoms with Gasteiger partial charge in [-0.15, -0.1) is 5.10 Å². The van der Waals surface area contributed by atoms with E-state index >= 15 is 0 Å². The highest BCUT2D eigenvalue weighted by atomic mass is 32.2. The Hall–Kier alpha value is -9.32. The zero-order chi connectivity index (χ0) is 90.4. The fourth-order valence-electron chi connectivity index (χ4n) is 19.0. The van der Waals surface area contributed by atoms with Crippen molar-refractivity contribution in [1.82, 2.24) is 34.1 Å². The fraction of sp³-hybridized carbons (Fsp3) is 0.523. The molecule has 2 aliphatic carbocycles. The van der Waals surface area contributed by atoms with E-state index in [2.05, 4.69) is 265 Å². The van der Waals surface area contributed by atoms with Crippen LogP contribution in [-0.2, 0) is 32.3 Å². The van der Waals surface area contributed by atoms with E-state index in [9.17, 15) is 24.0 Å². The molecule has 16 rings (SSSR count). The van der Waals surface area contributed by atoms with Crippen molar-refractivity contribution in [3.05, 3.63) is 234 Å². The van der Waals surface area contributed by atoms with Gasteiger partial charge in [-0.3, -0.25) is 14.4 Å². The van der Waals surface area contributed by atoms with Crippen molar-refractivity contribution in [2.24, 2.45) is 7.05 Å². The van der Waals surface area contributed by atoms with Crippen molar-refractivity contribution >= 4 is 85.2 Å². The first-order valence-electron chi connectivity index (χ1n) is 42.4. The number of Topliss-reactive ketones (excluding diaryl/α,β-unsaturated/α-hetero) is 2. The summed E-state index contributed by atoms with van der Waals surface area (Å²) >= 11 is 2.76. The summed E-state index contributed by atoms with van der Waals surface area (Å²) in [4.78, 5) is 60.0. The zero-order valence-electron chi connectivity index (χ0n) is 80.2. The number of esters is 2. The molecule has 0 bridgehead atoms. The van der Waals surface area contributed by atoms with Crippen LogP contribution in [0.15, 0.2) is 4.63 Å². The Morgan fingerprint density at radius 3 is 1.11 bits per heavy atom. The summed E-state index contributed by atoms with van der Waals surface area (Å²) in [5.74, 6) is 1.18. The van der Waals surface area contributed by atoms with Gasteiger partial charge in [0.2, 0.25) is 5.12 Å². The van der Waals surface area contributed by atoms with Gasteiger partial charge in [-0.05, 0) is 478 Å². The number of carbonyl (C=O) groups is 5. The van der Waals surface area contributed by atoms with Gasteiger partial charge in [0.25, 0.3) is 0 Å². The molecule has 0 saturated carbocycles. The molecule has 128 heavy (non-hydrogen) atoms. The molecule has 15 nitrogen and oxygen atoms in total. The third kappa shape index (κ3) is 20.7. The van der Waals surface area contributed by atoms with E-state index in [1.807, 2.05) is 53.3 Å². The van der Waals surface area contributed by atoms with E-state index in [-0.39, 0.29) is 86.6 Å². The number of thioether (sulfide) groups is 1. The Bertz CT molecular complexity index is 5590. The predicted molar refractivity (Wildman–Crippen MR) is 551 cm³/mol. The van der Waals surface area contributed by atoms with Gasteiger partial charge in [0.15, 0.2) is 11.6 Å². The Kier molecular flexibility index (Phi) is 39.8. The van der Waals surface area contributed by atoms with Crippen LogP contribution in [0.1, 0.15) is 404 Å². The molecular weight excluding hydrogens is 1620 g/mol. The first-order chi connectivity index (χ1) is 55.5. The highest BCUT2D eigenvalue weighted by Crippen LogP contribution is 2.51. The van der Waals surface area contributed by atoms with Crippen LogP contribution in [0, 0.1) is 222 Å². The Labute approximate surface area is 782 Å². The molecule has 0 spiro atoms. The molecule has 0 radical (unpaired) electrons. The summed E-state index contributed by atoms with van der Waals surface area (Å²) in [5.41, 5.74) is 56.6. The molecule has 0 amide bonds. The molecule has 3 aliphatic heterocycles. The van der Waals surface area contributed by atoms with Gasteiger partial charge in [-0.25, -0.2) is 18.9 Å². The summed E-state index contributed by atoms with van der Waals surface area (Å²) in [6.45, 7) is 84.9.